The van der Waals surface area contributed by atoms with Crippen molar-refractivity contribution in [3.05, 3.63) is 52.3 Å². The number of halogens is 3. The Morgan fingerprint density at radius 2 is 2.03 bits per heavy atom. The monoisotopic (exact) mass is 504 g/mol. The summed E-state index contributed by atoms with van der Waals surface area (Å²) in [5, 5.41) is 6.24. The van der Waals surface area contributed by atoms with E-state index >= 15 is 0 Å². The van der Waals surface area contributed by atoms with Gasteiger partial charge in [-0.3, -0.25) is 14.6 Å². The predicted molar refractivity (Wildman–Crippen MR) is 127 cm³/mol. The first-order chi connectivity index (χ1) is 16.8. The van der Waals surface area contributed by atoms with Gasteiger partial charge in [-0.25, -0.2) is 8.78 Å². The number of pyridine rings is 1. The van der Waals surface area contributed by atoms with E-state index in [0.29, 0.717) is 32.5 Å². The number of alkyl halides is 2. The van der Waals surface area contributed by atoms with Gasteiger partial charge in [-0.05, 0) is 49.3 Å². The number of aromatic nitrogens is 1. The number of anilines is 1. The van der Waals surface area contributed by atoms with Crippen molar-refractivity contribution in [3.63, 3.8) is 0 Å². The minimum Gasteiger partial charge on any atom is -0.497 e. The Labute approximate surface area is 207 Å². The lowest BCUT2D eigenvalue weighted by Gasteiger charge is -2.38. The van der Waals surface area contributed by atoms with Gasteiger partial charge in [0, 0.05) is 37.9 Å². The Bertz CT molecular complexity index is 1150. The third-order valence-corrected chi connectivity index (χ3v) is 7.69. The summed E-state index contributed by atoms with van der Waals surface area (Å²) in [5.74, 6) is 0.534. The number of amides is 2. The number of hydrogen-bond acceptors (Lipinski definition) is 5. The van der Waals surface area contributed by atoms with Crippen molar-refractivity contribution in [1.82, 2.24) is 15.6 Å². The number of nitrogens with one attached hydrogen (secondary N) is 2. The zero-order valence-electron chi connectivity index (χ0n) is 19.3. The van der Waals surface area contributed by atoms with Crippen LogP contribution >= 0.6 is 11.6 Å². The van der Waals surface area contributed by atoms with E-state index in [1.54, 1.807) is 7.11 Å². The number of fused-ring (bicyclic) bond motifs is 2. The van der Waals surface area contributed by atoms with Crippen LogP contribution in [0.4, 0.5) is 14.5 Å². The van der Waals surface area contributed by atoms with Crippen molar-refractivity contribution >= 4 is 29.1 Å². The molecule has 0 unspecified atom stereocenters. The summed E-state index contributed by atoms with van der Waals surface area (Å²) < 4.78 is 32.0. The molecule has 5 rings (SSSR count). The van der Waals surface area contributed by atoms with E-state index in [9.17, 15) is 18.4 Å². The molecule has 10 heteroatoms. The zero-order valence-corrected chi connectivity index (χ0v) is 20.1. The van der Waals surface area contributed by atoms with Crippen molar-refractivity contribution in [1.29, 1.82) is 0 Å². The number of rotatable bonds is 6. The summed E-state index contributed by atoms with van der Waals surface area (Å²) in [7, 11) is 1.61. The third-order valence-electron chi connectivity index (χ3n) is 7.48. The van der Waals surface area contributed by atoms with Gasteiger partial charge in [0.2, 0.25) is 5.91 Å². The van der Waals surface area contributed by atoms with Crippen LogP contribution in [0.1, 0.15) is 53.7 Å². The molecule has 3 heterocycles. The van der Waals surface area contributed by atoms with Gasteiger partial charge in [-0.1, -0.05) is 17.7 Å². The first-order valence-corrected chi connectivity index (χ1v) is 12.2. The molecule has 1 aromatic heterocycles. The summed E-state index contributed by atoms with van der Waals surface area (Å²) in [6.07, 6.45) is 1.28. The van der Waals surface area contributed by atoms with Gasteiger partial charge in [0.15, 0.2) is 0 Å². The molecule has 7 nitrogen and oxygen atoms in total. The maximum absolute atomic E-state index is 13.4. The molecule has 1 saturated heterocycles. The van der Waals surface area contributed by atoms with Crippen LogP contribution in [0.3, 0.4) is 0 Å². The lowest BCUT2D eigenvalue weighted by atomic mass is 9.76. The van der Waals surface area contributed by atoms with Crippen LogP contribution in [0, 0.1) is 5.92 Å². The van der Waals surface area contributed by atoms with Crippen molar-refractivity contribution in [2.45, 2.75) is 43.6 Å². The second-order valence-corrected chi connectivity index (χ2v) is 10.00. The lowest BCUT2D eigenvalue weighted by Crippen LogP contribution is -2.62. The first-order valence-electron chi connectivity index (χ1n) is 11.8. The molecule has 2 amide bonds. The number of carbonyl (C=O) groups is 2. The highest BCUT2D eigenvalue weighted by atomic mass is 35.5. The molecule has 3 aliphatic rings. The molecule has 2 aliphatic heterocycles. The highest BCUT2D eigenvalue weighted by molar-refractivity contribution is 6.30. The maximum Gasteiger partial charge on any atom is 0.281 e. The topological polar surface area (TPSA) is 83.6 Å². The van der Waals surface area contributed by atoms with E-state index in [2.05, 4.69) is 15.6 Å². The first kappa shape index (κ1) is 23.9. The molecule has 1 aromatic carbocycles. The third kappa shape index (κ3) is 4.25. The zero-order chi connectivity index (χ0) is 24.7. The predicted octanol–water partition coefficient (Wildman–Crippen LogP) is 3.86. The molecular weight excluding hydrogens is 478 g/mol. The number of methoxy groups -OCH3 is 1. The summed E-state index contributed by atoms with van der Waals surface area (Å²) in [6, 6.07) is 6.93. The molecule has 35 heavy (non-hydrogen) atoms. The number of carbonyl (C=O) groups excluding carboxylic acids is 2. The van der Waals surface area contributed by atoms with Crippen LogP contribution in [-0.4, -0.2) is 49.6 Å². The van der Waals surface area contributed by atoms with E-state index < -0.39 is 23.4 Å². The molecule has 1 spiro atoms. The van der Waals surface area contributed by atoms with Crippen molar-refractivity contribution in [3.8, 4) is 5.75 Å². The Hall–Kier alpha value is -2.78. The Balaban J connectivity index is 1.23. The summed E-state index contributed by atoms with van der Waals surface area (Å²) in [6.45, 7) is 1.88. The molecule has 186 valence electrons. The normalized spacial score (nSPS) is 22.8. The minimum atomic E-state index is -2.86. The average molecular weight is 505 g/mol. The molecule has 0 bridgehead atoms. The number of nitrogens with zero attached hydrogens (tertiary/aromatic N) is 2. The van der Waals surface area contributed by atoms with Gasteiger partial charge in [-0.15, -0.1) is 0 Å². The molecule has 1 saturated carbocycles. The van der Waals surface area contributed by atoms with Gasteiger partial charge in [0.25, 0.3) is 12.3 Å². The smallest absolute Gasteiger partial charge is 0.281 e. The summed E-state index contributed by atoms with van der Waals surface area (Å²) in [5.41, 5.74) is 0.719. The highest BCUT2D eigenvalue weighted by Gasteiger charge is 2.55. The summed E-state index contributed by atoms with van der Waals surface area (Å²) >= 11 is 5.88. The van der Waals surface area contributed by atoms with Gasteiger partial charge < -0.3 is 20.3 Å². The van der Waals surface area contributed by atoms with E-state index in [4.69, 9.17) is 16.3 Å². The van der Waals surface area contributed by atoms with Crippen molar-refractivity contribution in [2.24, 2.45) is 5.92 Å². The quantitative estimate of drug-likeness (QED) is 0.624. The Morgan fingerprint density at radius 3 is 2.66 bits per heavy atom. The van der Waals surface area contributed by atoms with Crippen molar-refractivity contribution in [2.75, 3.05) is 31.6 Å². The standard InChI is InChI=1S/C25H27ClF2N4O3/c1-35-17-6-7-19-20(9-17)32(24(34)25(19)12-29-13-25)11-14-2-4-16(5-3-14)31-23(33)18-8-15(26)10-30-21(18)22(27)28/h6-10,14,16,22,29H,2-5,11-13H2,1H3,(H,31,33). The average Bonchev–Trinajstić information content (AvgIpc) is 3.07. The molecule has 1 aliphatic carbocycles. The lowest BCUT2D eigenvalue weighted by molar-refractivity contribution is -0.125. The van der Waals surface area contributed by atoms with E-state index in [0.717, 1.165) is 36.0 Å². The van der Waals surface area contributed by atoms with Crippen molar-refractivity contribution < 1.29 is 23.1 Å². The van der Waals surface area contributed by atoms with Gasteiger partial charge in [-0.2, -0.15) is 0 Å². The Morgan fingerprint density at radius 1 is 1.29 bits per heavy atom. The maximum atomic E-state index is 13.4. The molecule has 0 radical (unpaired) electrons. The van der Waals surface area contributed by atoms with Gasteiger partial charge in [0.05, 0.1) is 23.4 Å². The van der Waals surface area contributed by atoms with Crippen LogP contribution in [0.5, 0.6) is 5.75 Å². The number of hydrogen-bond donors (Lipinski definition) is 2. The molecule has 0 atom stereocenters. The van der Waals surface area contributed by atoms with E-state index in [1.807, 2.05) is 23.1 Å². The minimum absolute atomic E-state index is 0.128. The molecule has 2 fully saturated rings. The largest absolute Gasteiger partial charge is 0.497 e. The Kier molecular flexibility index (Phi) is 6.40. The fourth-order valence-corrected chi connectivity index (χ4v) is 5.62. The SMILES string of the molecule is COc1ccc2c(c1)N(CC1CCC(NC(=O)c3cc(Cl)cnc3C(F)F)CC1)C(=O)C21CNC1. The van der Waals surface area contributed by atoms with E-state index in [-0.39, 0.29) is 28.5 Å². The van der Waals surface area contributed by atoms with Crippen LogP contribution in [0.25, 0.3) is 0 Å². The number of benzene rings is 1. The summed E-state index contributed by atoms with van der Waals surface area (Å²) in [4.78, 5) is 31.6. The second-order valence-electron chi connectivity index (χ2n) is 9.56. The highest BCUT2D eigenvalue weighted by Crippen LogP contribution is 2.46. The van der Waals surface area contributed by atoms with Gasteiger partial charge in [0.1, 0.15) is 16.9 Å². The molecule has 2 aromatic rings. The van der Waals surface area contributed by atoms with Crippen LogP contribution < -0.4 is 20.3 Å². The fraction of sp³-hybridized carbons (Fsp3) is 0.480. The van der Waals surface area contributed by atoms with Crippen LogP contribution in [0.2, 0.25) is 5.02 Å². The van der Waals surface area contributed by atoms with Crippen LogP contribution in [-0.2, 0) is 10.2 Å². The molecule has 2 N–H and O–H groups in total. The van der Waals surface area contributed by atoms with Gasteiger partial charge >= 0.3 is 0 Å². The molecular formula is C25H27ClF2N4O3. The fourth-order valence-electron chi connectivity index (χ4n) is 5.46. The second kappa shape index (κ2) is 9.35. The number of ether oxygens (including phenoxy) is 1. The van der Waals surface area contributed by atoms with E-state index in [1.165, 1.54) is 6.07 Å². The van der Waals surface area contributed by atoms with Crippen LogP contribution in [0.15, 0.2) is 30.5 Å².